The van der Waals surface area contributed by atoms with Crippen molar-refractivity contribution >= 4 is 0 Å². The molecule has 0 amide bonds. The molecule has 158 valence electrons. The highest BCUT2D eigenvalue weighted by atomic mass is 16.5. The van der Waals surface area contributed by atoms with E-state index in [4.69, 9.17) is 4.74 Å². The minimum Gasteiger partial charge on any atom is -0.378 e. The number of fused-ring (bicyclic) bond motifs is 3. The highest BCUT2D eigenvalue weighted by Gasteiger charge is 2.51. The normalized spacial score (nSPS) is 36.5. The molecule has 0 spiro atoms. The molecule has 3 rings (SSSR count). The summed E-state index contributed by atoms with van der Waals surface area (Å²) in [5.74, 6) is 2.22. The second-order valence-corrected chi connectivity index (χ2v) is 9.66. The zero-order valence-corrected chi connectivity index (χ0v) is 19.4. The summed E-state index contributed by atoms with van der Waals surface area (Å²) in [6.07, 6.45) is 16.0. The van der Waals surface area contributed by atoms with Gasteiger partial charge in [0, 0.05) is 6.61 Å². The van der Waals surface area contributed by atoms with Crippen LogP contribution in [-0.2, 0) is 4.74 Å². The largest absolute Gasteiger partial charge is 0.378 e. The van der Waals surface area contributed by atoms with Gasteiger partial charge in [-0.15, -0.1) is 26.0 Å². The van der Waals surface area contributed by atoms with Gasteiger partial charge in [-0.05, 0) is 81.0 Å². The van der Waals surface area contributed by atoms with Gasteiger partial charge in [-0.25, -0.2) is 0 Å². The van der Waals surface area contributed by atoms with E-state index in [-0.39, 0.29) is 5.41 Å². The molecule has 2 saturated carbocycles. The standard InChI is InChI=1S/C23H38O.C2H4.C2H2/c1-8-24-20-11-16(3)23(7)17(4)12-21-15(2)9-10-18(22(21,5)6)13-19(23)14-20;2*1-2/h16,18-20H,4,8-14H2,1-3,5-7H3;1-2H2;1-2H/t16-,18-,19?,20+,23-;;/m0../s1. The average molecular weight is 385 g/mol. The average Bonchev–Trinajstić information content (AvgIpc) is 2.67. The molecule has 0 heterocycles. The summed E-state index contributed by atoms with van der Waals surface area (Å²) in [5, 5.41) is 0. The summed E-state index contributed by atoms with van der Waals surface area (Å²) < 4.78 is 6.09. The maximum atomic E-state index is 6.09. The predicted octanol–water partition coefficient (Wildman–Crippen LogP) is 7.60. The Labute approximate surface area is 175 Å². The highest BCUT2D eigenvalue weighted by molar-refractivity contribution is 5.33. The smallest absolute Gasteiger partial charge is 0.0580 e. The quantitative estimate of drug-likeness (QED) is 0.352. The lowest BCUT2D eigenvalue weighted by atomic mass is 9.49. The van der Waals surface area contributed by atoms with E-state index in [1.165, 1.54) is 37.7 Å². The first kappa shape index (κ1) is 24.8. The summed E-state index contributed by atoms with van der Waals surface area (Å²) in [7, 11) is 0. The third kappa shape index (κ3) is 4.33. The van der Waals surface area contributed by atoms with Crippen LogP contribution < -0.4 is 0 Å². The molecule has 2 fully saturated rings. The Morgan fingerprint density at radius 2 is 1.68 bits per heavy atom. The van der Waals surface area contributed by atoms with Crippen molar-refractivity contribution < 1.29 is 4.74 Å². The second-order valence-electron chi connectivity index (χ2n) is 9.66. The van der Waals surface area contributed by atoms with Gasteiger partial charge in [0.05, 0.1) is 6.10 Å². The van der Waals surface area contributed by atoms with Gasteiger partial charge in [0.15, 0.2) is 0 Å². The van der Waals surface area contributed by atoms with Crippen LogP contribution >= 0.6 is 0 Å². The monoisotopic (exact) mass is 384 g/mol. The third-order valence-corrected chi connectivity index (χ3v) is 8.34. The van der Waals surface area contributed by atoms with E-state index < -0.39 is 0 Å². The Bertz CT molecular complexity index is 593. The Balaban J connectivity index is 0.000000921. The van der Waals surface area contributed by atoms with Crippen molar-refractivity contribution in [3.05, 3.63) is 36.5 Å². The van der Waals surface area contributed by atoms with Crippen molar-refractivity contribution in [2.45, 2.75) is 86.2 Å². The number of allylic oxidation sites excluding steroid dienone is 3. The van der Waals surface area contributed by atoms with Crippen LogP contribution in [0, 0.1) is 41.4 Å². The summed E-state index contributed by atoms with van der Waals surface area (Å²) >= 11 is 0. The van der Waals surface area contributed by atoms with Crippen LogP contribution in [0.5, 0.6) is 0 Å². The first-order chi connectivity index (χ1) is 13.2. The Kier molecular flexibility index (Phi) is 8.83. The number of ether oxygens (including phenoxy) is 1. The molecule has 3 aliphatic carbocycles. The molecular formula is C27H44O. The molecule has 3 aliphatic rings. The topological polar surface area (TPSA) is 9.23 Å². The van der Waals surface area contributed by atoms with Gasteiger partial charge < -0.3 is 4.74 Å². The molecule has 5 atom stereocenters. The molecule has 1 heteroatoms. The van der Waals surface area contributed by atoms with Crippen molar-refractivity contribution in [1.29, 1.82) is 0 Å². The van der Waals surface area contributed by atoms with Crippen LogP contribution in [0.3, 0.4) is 0 Å². The van der Waals surface area contributed by atoms with Crippen LogP contribution in [0.1, 0.15) is 80.1 Å². The van der Waals surface area contributed by atoms with Gasteiger partial charge in [-0.1, -0.05) is 51.0 Å². The third-order valence-electron chi connectivity index (χ3n) is 8.34. The van der Waals surface area contributed by atoms with Crippen molar-refractivity contribution in [2.24, 2.45) is 28.6 Å². The van der Waals surface area contributed by atoms with Crippen LogP contribution in [-0.4, -0.2) is 12.7 Å². The molecule has 0 aromatic carbocycles. The van der Waals surface area contributed by atoms with Crippen molar-refractivity contribution in [3.63, 3.8) is 0 Å². The van der Waals surface area contributed by atoms with Crippen LogP contribution in [0.25, 0.3) is 0 Å². The zero-order valence-electron chi connectivity index (χ0n) is 19.4. The van der Waals surface area contributed by atoms with E-state index in [1.807, 2.05) is 0 Å². The molecule has 0 aliphatic heterocycles. The summed E-state index contributed by atoms with van der Waals surface area (Å²) in [5.41, 5.74) is 5.48. The summed E-state index contributed by atoms with van der Waals surface area (Å²) in [4.78, 5) is 0. The summed E-state index contributed by atoms with van der Waals surface area (Å²) in [6, 6.07) is 0. The molecule has 0 N–H and O–H groups in total. The van der Waals surface area contributed by atoms with Gasteiger partial charge in [-0.3, -0.25) is 0 Å². The predicted molar refractivity (Wildman–Crippen MR) is 124 cm³/mol. The lowest BCUT2D eigenvalue weighted by Gasteiger charge is -2.56. The van der Waals surface area contributed by atoms with Crippen molar-refractivity contribution in [3.8, 4) is 12.8 Å². The van der Waals surface area contributed by atoms with Gasteiger partial charge >= 0.3 is 0 Å². The maximum absolute atomic E-state index is 6.09. The first-order valence-corrected chi connectivity index (χ1v) is 11.0. The number of terminal acetylenes is 1. The van der Waals surface area contributed by atoms with E-state index >= 15 is 0 Å². The molecule has 0 saturated heterocycles. The zero-order chi connectivity index (χ0) is 21.7. The molecule has 0 aromatic rings. The number of hydrogen-bond donors (Lipinski definition) is 0. The van der Waals surface area contributed by atoms with Crippen molar-refractivity contribution in [1.82, 2.24) is 0 Å². The number of rotatable bonds is 2. The molecule has 1 unspecified atom stereocenters. The van der Waals surface area contributed by atoms with Crippen molar-refractivity contribution in [2.75, 3.05) is 6.61 Å². The first-order valence-electron chi connectivity index (χ1n) is 11.0. The Morgan fingerprint density at radius 1 is 1.07 bits per heavy atom. The minimum atomic E-state index is 0.283. The van der Waals surface area contributed by atoms with E-state index in [0.717, 1.165) is 24.9 Å². The van der Waals surface area contributed by atoms with Gasteiger partial charge in [-0.2, -0.15) is 0 Å². The SMILES string of the molecule is C#C.C=C.C=C1CC2=C(C)CC[C@@H](CC3C[C@H](OCC)C[C@H](C)[C@@]13C)C2(C)C. The van der Waals surface area contributed by atoms with Crippen LogP contribution in [0.4, 0.5) is 0 Å². The maximum Gasteiger partial charge on any atom is 0.0580 e. The fourth-order valence-electron chi connectivity index (χ4n) is 6.29. The highest BCUT2D eigenvalue weighted by Crippen LogP contribution is 2.60. The lowest BCUT2D eigenvalue weighted by molar-refractivity contribution is -0.0589. The molecular weight excluding hydrogens is 340 g/mol. The van der Waals surface area contributed by atoms with E-state index in [1.54, 1.807) is 11.1 Å². The van der Waals surface area contributed by atoms with Gasteiger partial charge in [0.1, 0.15) is 0 Å². The molecule has 2 bridgehead atoms. The molecule has 1 nitrogen and oxygen atoms in total. The molecule has 0 radical (unpaired) electrons. The Hall–Kier alpha value is -1.26. The molecule has 0 aromatic heterocycles. The molecule has 28 heavy (non-hydrogen) atoms. The van der Waals surface area contributed by atoms with Gasteiger partial charge in [0.25, 0.3) is 0 Å². The van der Waals surface area contributed by atoms with E-state index in [0.29, 0.717) is 17.4 Å². The van der Waals surface area contributed by atoms with Gasteiger partial charge in [0.2, 0.25) is 0 Å². The van der Waals surface area contributed by atoms with Crippen LogP contribution in [0.2, 0.25) is 0 Å². The Morgan fingerprint density at radius 3 is 2.25 bits per heavy atom. The second kappa shape index (κ2) is 9.98. The minimum absolute atomic E-state index is 0.283. The lowest BCUT2D eigenvalue weighted by Crippen LogP contribution is -2.48. The van der Waals surface area contributed by atoms with E-state index in [9.17, 15) is 0 Å². The summed E-state index contributed by atoms with van der Waals surface area (Å²) in [6.45, 7) is 26.0. The van der Waals surface area contributed by atoms with Crippen LogP contribution in [0.15, 0.2) is 36.5 Å². The number of hydrogen-bond acceptors (Lipinski definition) is 1. The van der Waals surface area contributed by atoms with E-state index in [2.05, 4.69) is 74.1 Å². The fourth-order valence-corrected chi connectivity index (χ4v) is 6.29. The fraction of sp³-hybridized carbons (Fsp3) is 0.704.